The fourth-order valence-corrected chi connectivity index (χ4v) is 4.51. The van der Waals surface area contributed by atoms with Crippen LogP contribution in [0.2, 0.25) is 0 Å². The molecule has 210 valence electrons. The second-order valence-electron chi connectivity index (χ2n) is 9.79. The van der Waals surface area contributed by atoms with Crippen LogP contribution in [0.25, 0.3) is 5.69 Å². The molecule has 0 spiro atoms. The topological polar surface area (TPSA) is 64.9 Å². The molecule has 5 aromatic rings. The molecule has 8 nitrogen and oxygen atoms in total. The third-order valence-corrected chi connectivity index (χ3v) is 6.61. The predicted molar refractivity (Wildman–Crippen MR) is 162 cm³/mol. The number of ether oxygens (including phenoxy) is 3. The maximum Gasteiger partial charge on any atom is 0.215 e. The van der Waals surface area contributed by atoms with Gasteiger partial charge in [0, 0.05) is 75.0 Å². The van der Waals surface area contributed by atoms with Gasteiger partial charge in [0.15, 0.2) is 0 Å². The fraction of sp³-hybridized carbons (Fsp3) is 0.212. The Morgan fingerprint density at radius 1 is 0.732 bits per heavy atom. The molecule has 2 heterocycles. The summed E-state index contributed by atoms with van der Waals surface area (Å²) in [6.07, 6.45) is 7.32. The average Bonchev–Trinajstić information content (AvgIpc) is 3.55. The maximum atomic E-state index is 6.00. The summed E-state index contributed by atoms with van der Waals surface area (Å²) in [7, 11) is 5.71. The highest BCUT2D eigenvalue weighted by molar-refractivity contribution is 5.51. The molecular weight excluding hydrogens is 514 g/mol. The van der Waals surface area contributed by atoms with Crippen molar-refractivity contribution in [2.24, 2.45) is 0 Å². The maximum absolute atomic E-state index is 6.00. The van der Waals surface area contributed by atoms with Gasteiger partial charge < -0.3 is 28.6 Å². The Morgan fingerprint density at radius 3 is 2.27 bits per heavy atom. The monoisotopic (exact) mass is 549 g/mol. The first-order chi connectivity index (χ1) is 20.1. The summed E-state index contributed by atoms with van der Waals surface area (Å²) in [5.74, 6) is 2.19. The summed E-state index contributed by atoms with van der Waals surface area (Å²) in [6.45, 7) is 2.17. The van der Waals surface area contributed by atoms with Crippen molar-refractivity contribution in [2.45, 2.75) is 13.1 Å². The lowest BCUT2D eigenvalue weighted by molar-refractivity contribution is 0.212. The molecule has 0 aliphatic heterocycles. The smallest absolute Gasteiger partial charge is 0.215 e. The minimum absolute atomic E-state index is 0.380. The summed E-state index contributed by atoms with van der Waals surface area (Å²) in [5.41, 5.74) is 5.47. The first kappa shape index (κ1) is 27.6. The zero-order chi connectivity index (χ0) is 28.4. The number of rotatable bonds is 13. The Labute approximate surface area is 241 Å². The summed E-state index contributed by atoms with van der Waals surface area (Å²) >= 11 is 0. The van der Waals surface area contributed by atoms with Crippen LogP contribution >= 0.6 is 0 Å². The molecule has 0 aliphatic carbocycles. The van der Waals surface area contributed by atoms with Crippen molar-refractivity contribution in [1.29, 1.82) is 0 Å². The minimum atomic E-state index is 0.380. The van der Waals surface area contributed by atoms with Crippen molar-refractivity contribution in [2.75, 3.05) is 44.2 Å². The zero-order valence-electron chi connectivity index (χ0n) is 23.7. The van der Waals surface area contributed by atoms with Crippen LogP contribution in [-0.2, 0) is 13.1 Å². The SMILES string of the molecule is COc1cccc(CN(Cc2cccc(-n3ccnc3)c2)c2ccnc(OCCOc3cccc(N(C)C)c3)c2)c1. The molecule has 0 bridgehead atoms. The van der Waals surface area contributed by atoms with E-state index in [0.717, 1.165) is 34.1 Å². The van der Waals surface area contributed by atoms with Gasteiger partial charge in [-0.1, -0.05) is 30.3 Å². The fourth-order valence-electron chi connectivity index (χ4n) is 4.51. The third kappa shape index (κ3) is 7.57. The number of imidazole rings is 1. The van der Waals surface area contributed by atoms with Gasteiger partial charge in [0.05, 0.1) is 13.4 Å². The largest absolute Gasteiger partial charge is 0.497 e. The van der Waals surface area contributed by atoms with Crippen molar-refractivity contribution in [3.63, 3.8) is 0 Å². The molecule has 0 N–H and O–H groups in total. The summed E-state index contributed by atoms with van der Waals surface area (Å²) in [6, 6.07) is 28.6. The van der Waals surface area contributed by atoms with Gasteiger partial charge in [-0.15, -0.1) is 0 Å². The van der Waals surface area contributed by atoms with E-state index in [1.807, 2.05) is 84.6 Å². The molecule has 0 saturated heterocycles. The van der Waals surface area contributed by atoms with E-state index in [1.165, 1.54) is 5.56 Å². The zero-order valence-corrected chi connectivity index (χ0v) is 23.7. The normalized spacial score (nSPS) is 10.7. The lowest BCUT2D eigenvalue weighted by Crippen LogP contribution is -2.22. The van der Waals surface area contributed by atoms with Crippen molar-refractivity contribution in [3.8, 4) is 23.1 Å². The van der Waals surface area contributed by atoms with Gasteiger partial charge in [0.25, 0.3) is 0 Å². The molecule has 0 radical (unpaired) electrons. The van der Waals surface area contributed by atoms with Crippen molar-refractivity contribution < 1.29 is 14.2 Å². The van der Waals surface area contributed by atoms with Crippen LogP contribution in [0.4, 0.5) is 11.4 Å². The Hall–Kier alpha value is -4.98. The van der Waals surface area contributed by atoms with E-state index in [2.05, 4.69) is 51.3 Å². The van der Waals surface area contributed by atoms with E-state index in [-0.39, 0.29) is 0 Å². The van der Waals surface area contributed by atoms with Crippen molar-refractivity contribution in [3.05, 3.63) is 121 Å². The van der Waals surface area contributed by atoms with Crippen LogP contribution in [0.5, 0.6) is 17.4 Å². The van der Waals surface area contributed by atoms with E-state index >= 15 is 0 Å². The van der Waals surface area contributed by atoms with Crippen molar-refractivity contribution >= 4 is 11.4 Å². The number of benzene rings is 3. The number of aromatic nitrogens is 3. The molecule has 0 unspecified atom stereocenters. The van der Waals surface area contributed by atoms with Crippen LogP contribution < -0.4 is 24.0 Å². The van der Waals surface area contributed by atoms with E-state index < -0.39 is 0 Å². The van der Waals surface area contributed by atoms with Gasteiger partial charge in [-0.2, -0.15) is 0 Å². The molecule has 3 aromatic carbocycles. The van der Waals surface area contributed by atoms with E-state index in [4.69, 9.17) is 14.2 Å². The minimum Gasteiger partial charge on any atom is -0.497 e. The lowest BCUT2D eigenvalue weighted by Gasteiger charge is -2.26. The highest BCUT2D eigenvalue weighted by Gasteiger charge is 2.12. The number of hydrogen-bond donors (Lipinski definition) is 0. The lowest BCUT2D eigenvalue weighted by atomic mass is 10.1. The van der Waals surface area contributed by atoms with E-state index in [0.29, 0.717) is 32.2 Å². The van der Waals surface area contributed by atoms with E-state index in [1.54, 1.807) is 19.5 Å². The first-order valence-electron chi connectivity index (χ1n) is 13.5. The number of methoxy groups -OCH3 is 1. The van der Waals surface area contributed by atoms with Gasteiger partial charge in [0.1, 0.15) is 24.7 Å². The number of pyridine rings is 1. The number of hydrogen-bond acceptors (Lipinski definition) is 7. The standard InChI is InChI=1S/C33H35N5O3/c1-36(2)28-9-6-12-32(21-28)40-17-18-41-33-22-30(13-14-35-33)38(24-27-8-5-11-31(20-27)39-3)23-26-7-4-10-29(19-26)37-16-15-34-25-37/h4-16,19-22,25H,17-18,23-24H2,1-3H3. The molecule has 2 aromatic heterocycles. The molecule has 0 amide bonds. The molecule has 5 rings (SSSR count). The van der Waals surface area contributed by atoms with Crippen LogP contribution in [0.1, 0.15) is 11.1 Å². The molecule has 0 atom stereocenters. The van der Waals surface area contributed by atoms with Crippen LogP contribution in [0, 0.1) is 0 Å². The molecule has 41 heavy (non-hydrogen) atoms. The average molecular weight is 550 g/mol. The van der Waals surface area contributed by atoms with Gasteiger partial charge in [-0.05, 0) is 53.6 Å². The summed E-state index contributed by atoms with van der Waals surface area (Å²) in [5, 5.41) is 0. The molecule has 0 fully saturated rings. The molecule has 0 aliphatic rings. The Kier molecular flexibility index (Phi) is 9.01. The van der Waals surface area contributed by atoms with Crippen LogP contribution in [0.3, 0.4) is 0 Å². The number of nitrogens with zero attached hydrogens (tertiary/aromatic N) is 5. The van der Waals surface area contributed by atoms with Gasteiger partial charge in [-0.3, -0.25) is 0 Å². The first-order valence-corrected chi connectivity index (χ1v) is 13.5. The Balaban J connectivity index is 1.31. The summed E-state index contributed by atoms with van der Waals surface area (Å²) in [4.78, 5) is 13.0. The van der Waals surface area contributed by atoms with Gasteiger partial charge in [0.2, 0.25) is 5.88 Å². The highest BCUT2D eigenvalue weighted by Crippen LogP contribution is 2.25. The number of anilines is 2. The molecular formula is C33H35N5O3. The predicted octanol–water partition coefficient (Wildman–Crippen LogP) is 6.01. The Morgan fingerprint density at radius 2 is 1.49 bits per heavy atom. The Bertz CT molecular complexity index is 1540. The highest BCUT2D eigenvalue weighted by atomic mass is 16.5. The second kappa shape index (κ2) is 13.4. The quantitative estimate of drug-likeness (QED) is 0.167. The van der Waals surface area contributed by atoms with E-state index in [9.17, 15) is 0 Å². The molecule has 0 saturated carbocycles. The summed E-state index contributed by atoms with van der Waals surface area (Å²) < 4.78 is 19.4. The molecule has 8 heteroatoms. The van der Waals surface area contributed by atoms with Gasteiger partial charge >= 0.3 is 0 Å². The van der Waals surface area contributed by atoms with Crippen LogP contribution in [0.15, 0.2) is 110 Å². The van der Waals surface area contributed by atoms with Crippen LogP contribution in [-0.4, -0.2) is 49.0 Å². The van der Waals surface area contributed by atoms with Crippen molar-refractivity contribution in [1.82, 2.24) is 14.5 Å². The third-order valence-electron chi connectivity index (χ3n) is 6.61. The van der Waals surface area contributed by atoms with Gasteiger partial charge in [-0.25, -0.2) is 9.97 Å². The second-order valence-corrected chi connectivity index (χ2v) is 9.79.